The zero-order chi connectivity index (χ0) is 20.1. The first-order valence-corrected chi connectivity index (χ1v) is 10.9. The summed E-state index contributed by atoms with van der Waals surface area (Å²) in [6, 6.07) is 16.5. The van der Waals surface area contributed by atoms with E-state index < -0.39 is 0 Å². The van der Waals surface area contributed by atoms with E-state index in [9.17, 15) is 4.79 Å². The number of nitrogens with zero attached hydrogens (tertiary/aromatic N) is 1. The lowest BCUT2D eigenvalue weighted by Crippen LogP contribution is -2.27. The van der Waals surface area contributed by atoms with Gasteiger partial charge in [0.25, 0.3) is 0 Å². The Hall–Kier alpha value is -2.92. The van der Waals surface area contributed by atoms with Crippen molar-refractivity contribution in [3.8, 4) is 0 Å². The molecule has 0 aliphatic rings. The molecule has 5 heteroatoms. The molecule has 0 spiro atoms. The minimum Gasteiger partial charge on any atom is -0.361 e. The van der Waals surface area contributed by atoms with Gasteiger partial charge in [0.2, 0.25) is 5.91 Å². The second kappa shape index (κ2) is 9.05. The summed E-state index contributed by atoms with van der Waals surface area (Å²) in [7, 11) is 0. The number of hydrogen-bond donors (Lipinski definition) is 2. The molecular formula is C24H25N3OS. The Balaban J connectivity index is 1.52. The Morgan fingerprint density at radius 2 is 2.10 bits per heavy atom. The third-order valence-electron chi connectivity index (χ3n) is 5.30. The first kappa shape index (κ1) is 19.4. The topological polar surface area (TPSA) is 57.8 Å². The Morgan fingerprint density at radius 1 is 1.17 bits per heavy atom. The van der Waals surface area contributed by atoms with Crippen LogP contribution in [0.4, 0.5) is 0 Å². The molecule has 29 heavy (non-hydrogen) atoms. The minimum atomic E-state index is 0.0470. The fourth-order valence-corrected chi connectivity index (χ4v) is 4.65. The van der Waals surface area contributed by atoms with Gasteiger partial charge in [0, 0.05) is 59.2 Å². The van der Waals surface area contributed by atoms with Crippen molar-refractivity contribution in [2.75, 3.05) is 6.54 Å². The molecule has 1 amide bonds. The lowest BCUT2D eigenvalue weighted by molar-refractivity contribution is -0.121. The summed E-state index contributed by atoms with van der Waals surface area (Å²) in [5.74, 6) is 0.117. The zero-order valence-electron chi connectivity index (χ0n) is 16.5. The molecule has 0 bridgehead atoms. The maximum Gasteiger partial charge on any atom is 0.220 e. The van der Waals surface area contributed by atoms with Crippen molar-refractivity contribution in [1.29, 1.82) is 0 Å². The number of fused-ring (bicyclic) bond motifs is 1. The fraction of sp³-hybridized carbons (Fsp3) is 0.250. The van der Waals surface area contributed by atoms with Crippen molar-refractivity contribution in [3.63, 3.8) is 0 Å². The number of rotatable bonds is 8. The Bertz CT molecular complexity index is 1070. The lowest BCUT2D eigenvalue weighted by Gasteiger charge is -2.15. The number of benzene rings is 1. The predicted octanol–water partition coefficient (Wildman–Crippen LogP) is 5.07. The highest BCUT2D eigenvalue weighted by atomic mass is 32.1. The van der Waals surface area contributed by atoms with Crippen LogP contribution in [-0.4, -0.2) is 22.4 Å². The molecule has 4 rings (SSSR count). The highest BCUT2D eigenvalue weighted by Gasteiger charge is 2.22. The van der Waals surface area contributed by atoms with Crippen LogP contribution in [0.1, 0.15) is 41.0 Å². The predicted molar refractivity (Wildman–Crippen MR) is 119 cm³/mol. The van der Waals surface area contributed by atoms with E-state index in [-0.39, 0.29) is 11.8 Å². The van der Waals surface area contributed by atoms with Gasteiger partial charge in [-0.25, -0.2) is 0 Å². The largest absolute Gasteiger partial charge is 0.361 e. The quantitative estimate of drug-likeness (QED) is 0.432. The SMILES string of the molecule is CCc1cccc2c(C(CC(=O)NCCc3ccccn3)c3cccs3)c[nH]c12. The molecule has 3 heterocycles. The Morgan fingerprint density at radius 3 is 2.86 bits per heavy atom. The molecule has 3 aromatic heterocycles. The molecule has 1 unspecified atom stereocenters. The molecular weight excluding hydrogens is 378 g/mol. The first-order valence-electron chi connectivity index (χ1n) is 10.0. The molecule has 0 saturated heterocycles. The number of H-pyrrole nitrogens is 1. The molecule has 1 aromatic carbocycles. The molecule has 0 saturated carbocycles. The molecule has 148 valence electrons. The summed E-state index contributed by atoms with van der Waals surface area (Å²) in [5.41, 5.74) is 4.67. The van der Waals surface area contributed by atoms with Crippen molar-refractivity contribution in [2.24, 2.45) is 0 Å². The third-order valence-corrected chi connectivity index (χ3v) is 6.28. The highest BCUT2D eigenvalue weighted by Crippen LogP contribution is 2.36. The van der Waals surface area contributed by atoms with Crippen molar-refractivity contribution in [1.82, 2.24) is 15.3 Å². The van der Waals surface area contributed by atoms with Gasteiger partial charge in [-0.05, 0) is 41.1 Å². The van der Waals surface area contributed by atoms with Crippen LogP contribution in [0.25, 0.3) is 10.9 Å². The maximum absolute atomic E-state index is 12.8. The number of para-hydroxylation sites is 1. The highest BCUT2D eigenvalue weighted by molar-refractivity contribution is 7.10. The second-order valence-electron chi connectivity index (χ2n) is 7.13. The van der Waals surface area contributed by atoms with Gasteiger partial charge in [-0.1, -0.05) is 37.3 Å². The molecule has 0 fully saturated rings. The Labute approximate surface area is 175 Å². The van der Waals surface area contributed by atoms with E-state index in [2.05, 4.69) is 64.1 Å². The van der Waals surface area contributed by atoms with E-state index in [1.54, 1.807) is 17.5 Å². The first-order chi connectivity index (χ1) is 14.3. The van der Waals surface area contributed by atoms with Gasteiger partial charge in [-0.2, -0.15) is 0 Å². The number of aromatic amines is 1. The van der Waals surface area contributed by atoms with Gasteiger partial charge in [0.1, 0.15) is 0 Å². The van der Waals surface area contributed by atoms with Crippen LogP contribution in [0, 0.1) is 0 Å². The number of nitrogens with one attached hydrogen (secondary N) is 2. The molecule has 4 nitrogen and oxygen atoms in total. The molecule has 0 radical (unpaired) electrons. The van der Waals surface area contributed by atoms with Gasteiger partial charge in [0.05, 0.1) is 0 Å². The number of pyridine rings is 1. The Kier molecular flexibility index (Phi) is 6.06. The van der Waals surface area contributed by atoms with Gasteiger partial charge in [-0.3, -0.25) is 9.78 Å². The average molecular weight is 404 g/mol. The molecule has 1 atom stereocenters. The number of hydrogen-bond acceptors (Lipinski definition) is 3. The monoisotopic (exact) mass is 403 g/mol. The van der Waals surface area contributed by atoms with Crippen LogP contribution in [0.5, 0.6) is 0 Å². The maximum atomic E-state index is 12.8. The molecule has 0 aliphatic carbocycles. The normalized spacial score (nSPS) is 12.2. The van der Waals surface area contributed by atoms with Crippen molar-refractivity contribution in [2.45, 2.75) is 32.1 Å². The van der Waals surface area contributed by atoms with Crippen LogP contribution >= 0.6 is 11.3 Å². The van der Waals surface area contributed by atoms with Crippen LogP contribution in [0.2, 0.25) is 0 Å². The summed E-state index contributed by atoms with van der Waals surface area (Å²) in [6.07, 6.45) is 6.02. The summed E-state index contributed by atoms with van der Waals surface area (Å²) in [6.45, 7) is 2.77. The minimum absolute atomic E-state index is 0.0470. The van der Waals surface area contributed by atoms with E-state index >= 15 is 0 Å². The van der Waals surface area contributed by atoms with Crippen molar-refractivity contribution in [3.05, 3.63) is 88.0 Å². The van der Waals surface area contributed by atoms with Crippen molar-refractivity contribution >= 4 is 28.1 Å². The fourth-order valence-electron chi connectivity index (χ4n) is 3.81. The number of carbonyl (C=O) groups is 1. The second-order valence-corrected chi connectivity index (χ2v) is 8.11. The van der Waals surface area contributed by atoms with Gasteiger partial charge in [0.15, 0.2) is 0 Å². The van der Waals surface area contributed by atoms with E-state index in [0.29, 0.717) is 13.0 Å². The van der Waals surface area contributed by atoms with Crippen LogP contribution < -0.4 is 5.32 Å². The van der Waals surface area contributed by atoms with E-state index in [1.165, 1.54) is 26.9 Å². The van der Waals surface area contributed by atoms with Crippen molar-refractivity contribution < 1.29 is 4.79 Å². The standard InChI is InChI=1S/C24H25N3OS/c1-2-17-7-5-9-19-21(16-27-24(17)19)20(22-10-6-14-29-22)15-23(28)26-13-11-18-8-3-4-12-25-18/h3-10,12,14,16,20,27H,2,11,13,15H2,1H3,(H,26,28). The van der Waals surface area contributed by atoms with E-state index in [4.69, 9.17) is 0 Å². The summed E-state index contributed by atoms with van der Waals surface area (Å²) in [5, 5.41) is 6.36. The average Bonchev–Trinajstić information content (AvgIpc) is 3.43. The van der Waals surface area contributed by atoms with Gasteiger partial charge >= 0.3 is 0 Å². The molecule has 4 aromatic rings. The number of amides is 1. The molecule has 0 aliphatic heterocycles. The number of aromatic nitrogens is 2. The number of aryl methyl sites for hydroxylation is 1. The van der Waals surface area contributed by atoms with Crippen LogP contribution in [-0.2, 0) is 17.6 Å². The zero-order valence-corrected chi connectivity index (χ0v) is 17.3. The number of thiophene rings is 1. The van der Waals surface area contributed by atoms with E-state index in [0.717, 1.165) is 18.5 Å². The van der Waals surface area contributed by atoms with Crippen LogP contribution in [0.3, 0.4) is 0 Å². The number of carbonyl (C=O) groups excluding carboxylic acids is 1. The summed E-state index contributed by atoms with van der Waals surface area (Å²) < 4.78 is 0. The van der Waals surface area contributed by atoms with Gasteiger partial charge in [-0.15, -0.1) is 11.3 Å². The smallest absolute Gasteiger partial charge is 0.220 e. The summed E-state index contributed by atoms with van der Waals surface area (Å²) in [4.78, 5) is 21.7. The van der Waals surface area contributed by atoms with Gasteiger partial charge < -0.3 is 10.3 Å². The van der Waals surface area contributed by atoms with E-state index in [1.807, 2.05) is 18.2 Å². The van der Waals surface area contributed by atoms with Crippen LogP contribution in [0.15, 0.2) is 66.3 Å². The third kappa shape index (κ3) is 4.40. The lowest BCUT2D eigenvalue weighted by atomic mass is 9.92. The summed E-state index contributed by atoms with van der Waals surface area (Å²) >= 11 is 1.71. The molecule has 2 N–H and O–H groups in total.